The van der Waals surface area contributed by atoms with Crippen molar-refractivity contribution in [2.75, 3.05) is 5.32 Å². The van der Waals surface area contributed by atoms with Crippen molar-refractivity contribution in [3.63, 3.8) is 0 Å². The van der Waals surface area contributed by atoms with Crippen LogP contribution in [0.4, 0.5) is 5.69 Å². The number of nitrogens with one attached hydrogen (secondary N) is 2. The first-order valence-electron chi connectivity index (χ1n) is 8.35. The molecule has 0 fully saturated rings. The molecule has 0 saturated carbocycles. The van der Waals surface area contributed by atoms with Crippen LogP contribution in [-0.2, 0) is 24.3 Å². The lowest BCUT2D eigenvalue weighted by molar-refractivity contribution is -0.120. The number of hydrogen-bond acceptors (Lipinski definition) is 3. The average Bonchev–Trinajstić information content (AvgIpc) is 3.13. The first kappa shape index (κ1) is 16.8. The molecule has 25 heavy (non-hydrogen) atoms. The van der Waals surface area contributed by atoms with Crippen molar-refractivity contribution in [1.82, 2.24) is 5.32 Å². The van der Waals surface area contributed by atoms with Crippen molar-refractivity contribution in [1.29, 1.82) is 0 Å². The molecule has 2 aromatic carbocycles. The Kier molecular flexibility index (Phi) is 5.52. The number of rotatable bonds is 7. The van der Waals surface area contributed by atoms with E-state index >= 15 is 0 Å². The highest BCUT2D eigenvalue weighted by molar-refractivity contribution is 5.78. The van der Waals surface area contributed by atoms with Crippen molar-refractivity contribution in [3.05, 3.63) is 89.4 Å². The number of carbonyl (C=O) groups excluding carboxylic acids is 1. The van der Waals surface area contributed by atoms with Crippen molar-refractivity contribution in [3.8, 4) is 0 Å². The summed E-state index contributed by atoms with van der Waals surface area (Å²) in [6.45, 7) is 3.32. The number of anilines is 1. The van der Waals surface area contributed by atoms with E-state index in [9.17, 15) is 4.79 Å². The van der Waals surface area contributed by atoms with Gasteiger partial charge in [0.25, 0.3) is 0 Å². The predicted molar refractivity (Wildman–Crippen MR) is 99.2 cm³/mol. The predicted octanol–water partition coefficient (Wildman–Crippen LogP) is 4.06. The Hall–Kier alpha value is -3.01. The van der Waals surface area contributed by atoms with Crippen LogP contribution < -0.4 is 10.6 Å². The Balaban J connectivity index is 1.46. The molecule has 0 unspecified atom stereocenters. The molecule has 3 rings (SSSR count). The monoisotopic (exact) mass is 334 g/mol. The van der Waals surface area contributed by atoms with E-state index in [2.05, 4.69) is 16.7 Å². The molecule has 0 aliphatic carbocycles. The molecule has 0 bridgehead atoms. The number of furan rings is 1. The number of aryl methyl sites for hydroxylation is 1. The van der Waals surface area contributed by atoms with E-state index in [0.29, 0.717) is 19.5 Å². The van der Waals surface area contributed by atoms with E-state index < -0.39 is 0 Å². The molecule has 0 spiro atoms. The second-order valence-electron chi connectivity index (χ2n) is 6.12. The lowest BCUT2D eigenvalue weighted by atomic mass is 10.1. The van der Waals surface area contributed by atoms with E-state index in [1.807, 2.05) is 55.5 Å². The van der Waals surface area contributed by atoms with Crippen molar-refractivity contribution in [2.24, 2.45) is 0 Å². The number of hydrogen-bond donors (Lipinski definition) is 2. The Labute approximate surface area is 147 Å². The Morgan fingerprint density at radius 2 is 1.80 bits per heavy atom. The first-order chi connectivity index (χ1) is 12.2. The molecule has 0 aliphatic rings. The van der Waals surface area contributed by atoms with Gasteiger partial charge in [-0.3, -0.25) is 4.79 Å². The largest absolute Gasteiger partial charge is 0.472 e. The first-order valence-corrected chi connectivity index (χ1v) is 8.35. The van der Waals surface area contributed by atoms with Crippen LogP contribution in [0.25, 0.3) is 0 Å². The summed E-state index contributed by atoms with van der Waals surface area (Å²) in [6.07, 6.45) is 3.77. The van der Waals surface area contributed by atoms with Crippen molar-refractivity contribution < 1.29 is 9.21 Å². The summed E-state index contributed by atoms with van der Waals surface area (Å²) in [4.78, 5) is 12.1. The molecule has 0 atom stereocenters. The summed E-state index contributed by atoms with van der Waals surface area (Å²) >= 11 is 0. The maximum Gasteiger partial charge on any atom is 0.224 e. The van der Waals surface area contributed by atoms with E-state index in [0.717, 1.165) is 22.4 Å². The van der Waals surface area contributed by atoms with Gasteiger partial charge in [-0.05, 0) is 36.2 Å². The van der Waals surface area contributed by atoms with Crippen LogP contribution in [0.15, 0.2) is 71.5 Å². The number of amides is 1. The summed E-state index contributed by atoms with van der Waals surface area (Å²) in [6, 6.07) is 18.0. The molecular weight excluding hydrogens is 312 g/mol. The van der Waals surface area contributed by atoms with E-state index in [1.165, 1.54) is 5.56 Å². The Morgan fingerprint density at radius 3 is 2.52 bits per heavy atom. The zero-order valence-electron chi connectivity index (χ0n) is 14.3. The topological polar surface area (TPSA) is 54.3 Å². The molecule has 1 aromatic heterocycles. The molecule has 0 radical (unpaired) electrons. The molecule has 4 nitrogen and oxygen atoms in total. The minimum absolute atomic E-state index is 0.0283. The van der Waals surface area contributed by atoms with Crippen LogP contribution >= 0.6 is 0 Å². The van der Waals surface area contributed by atoms with Gasteiger partial charge in [-0.15, -0.1) is 0 Å². The van der Waals surface area contributed by atoms with Crippen molar-refractivity contribution >= 4 is 11.6 Å². The average molecular weight is 334 g/mol. The third kappa shape index (κ3) is 5.24. The summed E-state index contributed by atoms with van der Waals surface area (Å²) in [5.74, 6) is 0.0283. The van der Waals surface area contributed by atoms with E-state index in [4.69, 9.17) is 4.42 Å². The highest BCUT2D eigenvalue weighted by atomic mass is 16.3. The maximum atomic E-state index is 12.1. The second kappa shape index (κ2) is 8.20. The van der Waals surface area contributed by atoms with E-state index in [-0.39, 0.29) is 5.91 Å². The van der Waals surface area contributed by atoms with Gasteiger partial charge in [-0.2, -0.15) is 0 Å². The smallest absolute Gasteiger partial charge is 0.224 e. The van der Waals surface area contributed by atoms with Crippen LogP contribution in [0.5, 0.6) is 0 Å². The Morgan fingerprint density at radius 1 is 0.960 bits per heavy atom. The molecule has 3 aromatic rings. The van der Waals surface area contributed by atoms with Gasteiger partial charge in [0.15, 0.2) is 0 Å². The molecule has 128 valence electrons. The zero-order valence-corrected chi connectivity index (χ0v) is 14.3. The van der Waals surface area contributed by atoms with Gasteiger partial charge >= 0.3 is 0 Å². The lowest BCUT2D eigenvalue weighted by Gasteiger charge is -2.08. The van der Waals surface area contributed by atoms with Crippen LogP contribution in [-0.4, -0.2) is 5.91 Å². The van der Waals surface area contributed by atoms with Gasteiger partial charge < -0.3 is 15.1 Å². The summed E-state index contributed by atoms with van der Waals surface area (Å²) in [7, 11) is 0. The van der Waals surface area contributed by atoms with Gasteiger partial charge in [-0.1, -0.05) is 42.0 Å². The van der Waals surface area contributed by atoms with Crippen LogP contribution in [0, 0.1) is 6.92 Å². The number of carbonyl (C=O) groups is 1. The highest BCUT2D eigenvalue weighted by Gasteiger charge is 2.04. The fraction of sp³-hybridized carbons (Fsp3) is 0.190. The third-order valence-corrected chi connectivity index (χ3v) is 3.97. The zero-order chi connectivity index (χ0) is 17.5. The standard InChI is InChI=1S/C21H22N2O2/c1-16-3-2-4-18(11-16)13-23-21(24)12-17-5-7-20(8-6-17)22-14-19-9-10-25-15-19/h2-11,15,22H,12-14H2,1H3,(H,23,24). The third-order valence-electron chi connectivity index (χ3n) is 3.97. The van der Waals surface area contributed by atoms with Gasteiger partial charge in [-0.25, -0.2) is 0 Å². The van der Waals surface area contributed by atoms with Crippen LogP contribution in [0.1, 0.15) is 22.3 Å². The van der Waals surface area contributed by atoms with Crippen LogP contribution in [0.2, 0.25) is 0 Å². The SMILES string of the molecule is Cc1cccc(CNC(=O)Cc2ccc(NCc3ccoc3)cc2)c1. The minimum Gasteiger partial charge on any atom is -0.472 e. The number of benzene rings is 2. The molecule has 0 saturated heterocycles. The second-order valence-corrected chi connectivity index (χ2v) is 6.12. The Bertz CT molecular complexity index is 808. The van der Waals surface area contributed by atoms with Crippen molar-refractivity contribution in [2.45, 2.75) is 26.4 Å². The quantitative estimate of drug-likeness (QED) is 0.685. The van der Waals surface area contributed by atoms with E-state index in [1.54, 1.807) is 12.5 Å². The fourth-order valence-corrected chi connectivity index (χ4v) is 2.61. The summed E-state index contributed by atoms with van der Waals surface area (Å²) < 4.78 is 5.04. The normalized spacial score (nSPS) is 10.4. The molecule has 1 amide bonds. The molecule has 2 N–H and O–H groups in total. The highest BCUT2D eigenvalue weighted by Crippen LogP contribution is 2.12. The van der Waals surface area contributed by atoms with Crippen LogP contribution in [0.3, 0.4) is 0 Å². The fourth-order valence-electron chi connectivity index (χ4n) is 2.61. The van der Waals surface area contributed by atoms with Gasteiger partial charge in [0.1, 0.15) is 0 Å². The summed E-state index contributed by atoms with van der Waals surface area (Å²) in [5, 5.41) is 6.29. The van der Waals surface area contributed by atoms with Gasteiger partial charge in [0.2, 0.25) is 5.91 Å². The molecule has 4 heteroatoms. The van der Waals surface area contributed by atoms with Gasteiger partial charge in [0.05, 0.1) is 18.9 Å². The minimum atomic E-state index is 0.0283. The summed E-state index contributed by atoms with van der Waals surface area (Å²) in [5.41, 5.74) is 5.43. The maximum absolute atomic E-state index is 12.1. The molecule has 1 heterocycles. The van der Waals surface area contributed by atoms with Gasteiger partial charge in [0, 0.05) is 24.3 Å². The molecule has 0 aliphatic heterocycles. The molecular formula is C21H22N2O2. The lowest BCUT2D eigenvalue weighted by Crippen LogP contribution is -2.24.